The minimum atomic E-state index is -1.43. The van der Waals surface area contributed by atoms with E-state index in [-0.39, 0.29) is 11.3 Å². The minimum Gasteiger partial charge on any atom is -0.418 e. The summed E-state index contributed by atoms with van der Waals surface area (Å²) >= 11 is 5.94. The number of hydrogen-bond donors (Lipinski definition) is 0. The quantitative estimate of drug-likeness (QED) is 0.623. The van der Waals surface area contributed by atoms with Gasteiger partial charge in [-0.1, -0.05) is 36.4 Å². The summed E-state index contributed by atoms with van der Waals surface area (Å²) in [5.41, 5.74) is 0.432. The normalized spacial score (nSPS) is 21.0. The topological polar surface area (TPSA) is 82.0 Å². The van der Waals surface area contributed by atoms with Crippen molar-refractivity contribution in [1.82, 2.24) is 0 Å². The molecule has 1 saturated heterocycles. The molecule has 126 valence electrons. The van der Waals surface area contributed by atoms with Gasteiger partial charge in [-0.15, -0.1) is 11.6 Å². The highest BCUT2D eigenvalue weighted by Gasteiger charge is 2.43. The summed E-state index contributed by atoms with van der Waals surface area (Å²) in [7, 11) is 0. The summed E-state index contributed by atoms with van der Waals surface area (Å²) in [6.07, 6.45) is -1.43. The van der Waals surface area contributed by atoms with E-state index in [1.165, 1.54) is 0 Å². The summed E-state index contributed by atoms with van der Waals surface area (Å²) < 4.78 is 10.1. The Hall–Kier alpha value is -2.99. The average Bonchev–Trinajstić information content (AvgIpc) is 2.90. The zero-order valence-corrected chi connectivity index (χ0v) is 13.6. The van der Waals surface area contributed by atoms with E-state index in [1.807, 2.05) is 0 Å². The van der Waals surface area contributed by atoms with Crippen LogP contribution in [-0.2, 0) is 14.3 Å². The predicted molar refractivity (Wildman–Crippen MR) is 89.6 cm³/mol. The van der Waals surface area contributed by atoms with E-state index < -0.39 is 29.5 Å². The van der Waals surface area contributed by atoms with Gasteiger partial charge in [0, 0.05) is 5.56 Å². The number of rotatable bonds is 3. The molecule has 1 fully saturated rings. The molecule has 3 rings (SSSR count). The number of esters is 2. The SMILES string of the molecule is O=C(N=C1C(OC(=O)c2ccccc2)OC(=O)C1Cl)c1ccccc1. The van der Waals surface area contributed by atoms with E-state index in [9.17, 15) is 14.4 Å². The Labute approximate surface area is 148 Å². The standard InChI is InChI=1S/C18H12ClNO5/c19-13-14(20-15(21)11-7-3-1-4-8-11)18(25-17(13)23)24-16(22)12-9-5-2-6-10-12/h1-10,13,18H. The molecule has 0 aliphatic carbocycles. The third-order valence-electron chi connectivity index (χ3n) is 3.41. The van der Waals surface area contributed by atoms with Gasteiger partial charge in [0.1, 0.15) is 5.71 Å². The molecule has 6 nitrogen and oxygen atoms in total. The largest absolute Gasteiger partial charge is 0.418 e. The molecule has 7 heteroatoms. The fourth-order valence-electron chi connectivity index (χ4n) is 2.16. The van der Waals surface area contributed by atoms with Crippen molar-refractivity contribution in [2.45, 2.75) is 11.7 Å². The molecule has 2 unspecified atom stereocenters. The molecule has 0 aromatic heterocycles. The molecule has 1 aliphatic rings. The molecule has 0 N–H and O–H groups in total. The second-order valence-electron chi connectivity index (χ2n) is 5.11. The number of amides is 1. The molecular formula is C18H12ClNO5. The highest BCUT2D eigenvalue weighted by Crippen LogP contribution is 2.21. The van der Waals surface area contributed by atoms with Crippen molar-refractivity contribution in [3.05, 3.63) is 71.8 Å². The van der Waals surface area contributed by atoms with Gasteiger partial charge in [-0.3, -0.25) is 4.79 Å². The third kappa shape index (κ3) is 3.75. The van der Waals surface area contributed by atoms with Crippen LogP contribution in [0.25, 0.3) is 0 Å². The second kappa shape index (κ2) is 7.27. The zero-order chi connectivity index (χ0) is 17.8. The lowest BCUT2D eigenvalue weighted by molar-refractivity contribution is -0.151. The molecule has 1 heterocycles. The number of ether oxygens (including phenoxy) is 2. The first-order chi connectivity index (χ1) is 12.1. The van der Waals surface area contributed by atoms with E-state index in [0.717, 1.165) is 0 Å². The van der Waals surface area contributed by atoms with Crippen LogP contribution in [0.5, 0.6) is 0 Å². The molecule has 1 aliphatic heterocycles. The molecule has 0 spiro atoms. The maximum atomic E-state index is 12.2. The highest BCUT2D eigenvalue weighted by atomic mass is 35.5. The summed E-state index contributed by atoms with van der Waals surface area (Å²) in [4.78, 5) is 39.8. The Bertz CT molecular complexity index is 835. The molecule has 25 heavy (non-hydrogen) atoms. The number of hydrogen-bond acceptors (Lipinski definition) is 5. The highest BCUT2D eigenvalue weighted by molar-refractivity contribution is 6.45. The fraction of sp³-hybridized carbons (Fsp3) is 0.111. The van der Waals surface area contributed by atoms with Gasteiger partial charge in [-0.25, -0.2) is 14.6 Å². The van der Waals surface area contributed by atoms with Crippen LogP contribution in [0, 0.1) is 0 Å². The first-order valence-corrected chi connectivity index (χ1v) is 7.78. The number of nitrogens with zero attached hydrogens (tertiary/aromatic N) is 1. The average molecular weight is 358 g/mol. The lowest BCUT2D eigenvalue weighted by Gasteiger charge is -2.11. The molecule has 0 saturated carbocycles. The van der Waals surface area contributed by atoms with Crippen LogP contribution in [0.3, 0.4) is 0 Å². The van der Waals surface area contributed by atoms with Crippen molar-refractivity contribution < 1.29 is 23.9 Å². The van der Waals surface area contributed by atoms with Crippen LogP contribution in [-0.4, -0.2) is 35.2 Å². The van der Waals surface area contributed by atoms with Crippen LogP contribution in [0.15, 0.2) is 65.7 Å². The summed E-state index contributed by atoms with van der Waals surface area (Å²) in [5, 5.41) is -1.29. The first-order valence-electron chi connectivity index (χ1n) is 7.34. The summed E-state index contributed by atoms with van der Waals surface area (Å²) in [5.74, 6) is -2.16. The summed E-state index contributed by atoms with van der Waals surface area (Å²) in [6, 6.07) is 16.4. The third-order valence-corrected chi connectivity index (χ3v) is 3.81. The number of carbonyl (C=O) groups excluding carboxylic acids is 3. The van der Waals surface area contributed by atoms with Crippen LogP contribution in [0.1, 0.15) is 20.7 Å². The molecule has 0 bridgehead atoms. The maximum absolute atomic E-state index is 12.2. The molecular weight excluding hydrogens is 346 g/mol. The number of alkyl halides is 1. The van der Waals surface area contributed by atoms with Crippen molar-refractivity contribution >= 4 is 35.2 Å². The van der Waals surface area contributed by atoms with E-state index in [0.29, 0.717) is 5.56 Å². The molecule has 2 aromatic rings. The number of benzene rings is 2. The number of cyclic esters (lactones) is 1. The van der Waals surface area contributed by atoms with Gasteiger partial charge in [0.2, 0.25) is 0 Å². The zero-order valence-electron chi connectivity index (χ0n) is 12.8. The molecule has 2 atom stereocenters. The lowest BCUT2D eigenvalue weighted by Crippen LogP contribution is -2.28. The Balaban J connectivity index is 1.83. The Morgan fingerprint density at radius 2 is 1.52 bits per heavy atom. The smallest absolute Gasteiger partial charge is 0.341 e. The van der Waals surface area contributed by atoms with Gasteiger partial charge in [0.05, 0.1) is 5.56 Å². The van der Waals surface area contributed by atoms with Crippen LogP contribution >= 0.6 is 11.6 Å². The van der Waals surface area contributed by atoms with Crippen molar-refractivity contribution in [1.29, 1.82) is 0 Å². The van der Waals surface area contributed by atoms with Gasteiger partial charge >= 0.3 is 11.9 Å². The molecule has 2 aromatic carbocycles. The van der Waals surface area contributed by atoms with Gasteiger partial charge in [-0.05, 0) is 24.3 Å². The maximum Gasteiger partial charge on any atom is 0.341 e. The van der Waals surface area contributed by atoms with Gasteiger partial charge in [0.15, 0.2) is 5.38 Å². The van der Waals surface area contributed by atoms with Crippen molar-refractivity contribution in [2.75, 3.05) is 0 Å². The van der Waals surface area contributed by atoms with Crippen LogP contribution in [0.4, 0.5) is 0 Å². The molecule has 1 amide bonds. The van der Waals surface area contributed by atoms with E-state index in [1.54, 1.807) is 60.7 Å². The Morgan fingerprint density at radius 1 is 0.960 bits per heavy atom. The number of halogens is 1. The second-order valence-corrected chi connectivity index (χ2v) is 5.55. The number of aliphatic imine (C=N–C) groups is 1. The Kier molecular flexibility index (Phi) is 4.90. The van der Waals surface area contributed by atoms with E-state index in [2.05, 4.69) is 4.99 Å². The Morgan fingerprint density at radius 3 is 2.12 bits per heavy atom. The predicted octanol–water partition coefficient (Wildman–Crippen LogP) is 2.62. The van der Waals surface area contributed by atoms with Crippen molar-refractivity contribution in [3.8, 4) is 0 Å². The summed E-state index contributed by atoms with van der Waals surface area (Å²) in [6.45, 7) is 0. The van der Waals surface area contributed by atoms with Crippen molar-refractivity contribution in [3.63, 3.8) is 0 Å². The lowest BCUT2D eigenvalue weighted by atomic mass is 10.2. The number of carbonyl (C=O) groups is 3. The van der Waals surface area contributed by atoms with Crippen LogP contribution < -0.4 is 0 Å². The van der Waals surface area contributed by atoms with Crippen molar-refractivity contribution in [2.24, 2.45) is 4.99 Å². The van der Waals surface area contributed by atoms with E-state index in [4.69, 9.17) is 21.1 Å². The van der Waals surface area contributed by atoms with Gasteiger partial charge in [0.25, 0.3) is 12.2 Å². The first kappa shape index (κ1) is 16.9. The monoisotopic (exact) mass is 357 g/mol. The fourth-order valence-corrected chi connectivity index (χ4v) is 2.36. The van der Waals surface area contributed by atoms with Crippen LogP contribution in [0.2, 0.25) is 0 Å². The minimum absolute atomic E-state index is 0.148. The van der Waals surface area contributed by atoms with E-state index >= 15 is 0 Å². The van der Waals surface area contributed by atoms with Gasteiger partial charge in [-0.2, -0.15) is 0 Å². The van der Waals surface area contributed by atoms with Gasteiger partial charge < -0.3 is 9.47 Å². The molecule has 0 radical (unpaired) electrons.